The fraction of sp³-hybridized carbons (Fsp3) is 0.533. The topological polar surface area (TPSA) is 35.5 Å². The molecule has 1 aliphatic carbocycles. The van der Waals surface area contributed by atoms with Gasteiger partial charge in [0, 0.05) is 18.1 Å². The van der Waals surface area contributed by atoms with E-state index in [1.807, 2.05) is 32.9 Å². The second kappa shape index (κ2) is 5.93. The lowest BCUT2D eigenvalue weighted by Gasteiger charge is -2.34. The Bertz CT molecular complexity index is 461. The summed E-state index contributed by atoms with van der Waals surface area (Å²) in [6.07, 6.45) is 0.750. The van der Waals surface area contributed by atoms with E-state index >= 15 is 0 Å². The van der Waals surface area contributed by atoms with Crippen molar-refractivity contribution in [2.75, 3.05) is 6.61 Å². The highest BCUT2D eigenvalue weighted by Crippen LogP contribution is 2.30. The maximum atomic E-state index is 11.5. The van der Waals surface area contributed by atoms with E-state index < -0.39 is 6.10 Å². The highest BCUT2D eigenvalue weighted by Gasteiger charge is 2.42. The summed E-state index contributed by atoms with van der Waals surface area (Å²) in [5.74, 6) is 0.878. The van der Waals surface area contributed by atoms with Crippen LogP contribution in [0.1, 0.15) is 30.9 Å². The number of carbonyl (C=O) groups excluding carboxylic acids is 1. The summed E-state index contributed by atoms with van der Waals surface area (Å²) in [4.78, 5) is 11.5. The summed E-state index contributed by atoms with van der Waals surface area (Å²) in [6, 6.07) is 3.80. The van der Waals surface area contributed by atoms with Crippen molar-refractivity contribution in [1.29, 1.82) is 0 Å². The van der Waals surface area contributed by atoms with Crippen LogP contribution < -0.4 is 4.74 Å². The Morgan fingerprint density at radius 2 is 1.95 bits per heavy atom. The second-order valence-corrected chi connectivity index (χ2v) is 5.37. The van der Waals surface area contributed by atoms with Crippen molar-refractivity contribution in [3.8, 4) is 5.75 Å². The van der Waals surface area contributed by atoms with E-state index in [1.165, 1.54) is 0 Å². The van der Waals surface area contributed by atoms with E-state index in [-0.39, 0.29) is 11.9 Å². The van der Waals surface area contributed by atoms with Gasteiger partial charge in [0.1, 0.15) is 11.9 Å². The first-order chi connectivity index (χ1) is 9.02. The normalized spacial score (nSPS) is 22.2. The highest BCUT2D eigenvalue weighted by molar-refractivity contribution is 6.32. The summed E-state index contributed by atoms with van der Waals surface area (Å²) in [5.41, 5.74) is 1.96. The molecular formula is C15H19ClO3. The predicted molar refractivity (Wildman–Crippen MR) is 75.0 cm³/mol. The molecule has 1 fully saturated rings. The minimum absolute atomic E-state index is 0.126. The number of hydrogen-bond acceptors (Lipinski definition) is 3. The van der Waals surface area contributed by atoms with Gasteiger partial charge in [0.25, 0.3) is 0 Å². The number of aryl methyl sites for hydroxylation is 2. The number of carbonyl (C=O) groups is 1. The van der Waals surface area contributed by atoms with Crippen LogP contribution in [-0.2, 0) is 9.53 Å². The Labute approximate surface area is 118 Å². The lowest BCUT2D eigenvalue weighted by atomic mass is 9.90. The Balaban J connectivity index is 2.03. The third-order valence-electron chi connectivity index (χ3n) is 3.26. The fourth-order valence-electron chi connectivity index (χ4n) is 2.17. The fourth-order valence-corrected chi connectivity index (χ4v) is 2.27. The highest BCUT2D eigenvalue weighted by atomic mass is 35.5. The van der Waals surface area contributed by atoms with Gasteiger partial charge in [0.05, 0.1) is 0 Å². The van der Waals surface area contributed by atoms with E-state index in [0.717, 1.165) is 28.3 Å². The molecule has 104 valence electrons. The molecule has 2 rings (SSSR count). The number of halogens is 1. The third-order valence-corrected chi connectivity index (χ3v) is 3.85. The van der Waals surface area contributed by atoms with Crippen LogP contribution in [0, 0.1) is 13.8 Å². The predicted octanol–water partition coefficient (Wildman–Crippen LogP) is 3.47. The van der Waals surface area contributed by atoms with Crippen LogP contribution in [0.4, 0.5) is 0 Å². The van der Waals surface area contributed by atoms with E-state index in [9.17, 15) is 4.79 Å². The SMILES string of the molecule is CCCOC1C(=O)CC1Oc1cc(C)c(Cl)c(C)c1. The molecule has 1 aromatic carbocycles. The molecule has 2 atom stereocenters. The maximum Gasteiger partial charge on any atom is 0.169 e. The molecule has 0 saturated heterocycles. The van der Waals surface area contributed by atoms with Crippen LogP contribution in [-0.4, -0.2) is 24.6 Å². The van der Waals surface area contributed by atoms with Crippen molar-refractivity contribution in [1.82, 2.24) is 0 Å². The average molecular weight is 283 g/mol. The van der Waals surface area contributed by atoms with Gasteiger partial charge >= 0.3 is 0 Å². The van der Waals surface area contributed by atoms with Gasteiger partial charge in [-0.1, -0.05) is 18.5 Å². The molecule has 1 saturated carbocycles. The minimum atomic E-state index is -0.406. The second-order valence-electron chi connectivity index (χ2n) is 4.99. The Morgan fingerprint density at radius 3 is 2.47 bits per heavy atom. The molecular weight excluding hydrogens is 264 g/mol. The van der Waals surface area contributed by atoms with Crippen molar-refractivity contribution in [2.45, 2.75) is 45.8 Å². The van der Waals surface area contributed by atoms with Gasteiger partial charge in [-0.3, -0.25) is 4.79 Å². The maximum absolute atomic E-state index is 11.5. The summed E-state index contributed by atoms with van der Waals surface area (Å²) in [7, 11) is 0. The van der Waals surface area contributed by atoms with E-state index in [0.29, 0.717) is 13.0 Å². The molecule has 1 aliphatic rings. The minimum Gasteiger partial charge on any atom is -0.487 e. The number of rotatable bonds is 5. The van der Waals surface area contributed by atoms with Crippen molar-refractivity contribution >= 4 is 17.4 Å². The first kappa shape index (κ1) is 14.4. The molecule has 2 unspecified atom stereocenters. The molecule has 1 aromatic rings. The van der Waals surface area contributed by atoms with Crippen molar-refractivity contribution in [3.63, 3.8) is 0 Å². The summed E-state index contributed by atoms with van der Waals surface area (Å²) < 4.78 is 11.4. The molecule has 0 aliphatic heterocycles. The molecule has 4 heteroatoms. The number of Topliss-reactive ketones (excluding diaryl/α,β-unsaturated/α-hetero) is 1. The molecule has 0 bridgehead atoms. The van der Waals surface area contributed by atoms with Gasteiger partial charge in [-0.25, -0.2) is 0 Å². The quantitative estimate of drug-likeness (QED) is 0.829. The van der Waals surface area contributed by atoms with Gasteiger partial charge < -0.3 is 9.47 Å². The number of ether oxygens (including phenoxy) is 2. The van der Waals surface area contributed by atoms with Crippen LogP contribution in [0.5, 0.6) is 5.75 Å². The Hall–Kier alpha value is -1.06. The largest absolute Gasteiger partial charge is 0.487 e. The first-order valence-corrected chi connectivity index (χ1v) is 6.98. The molecule has 0 amide bonds. The van der Waals surface area contributed by atoms with Gasteiger partial charge in [0.15, 0.2) is 11.9 Å². The van der Waals surface area contributed by atoms with Crippen LogP contribution in [0.3, 0.4) is 0 Å². The number of hydrogen-bond donors (Lipinski definition) is 0. The molecule has 3 nitrogen and oxygen atoms in total. The van der Waals surface area contributed by atoms with Gasteiger partial charge in [-0.05, 0) is 43.5 Å². The van der Waals surface area contributed by atoms with Crippen molar-refractivity contribution in [3.05, 3.63) is 28.3 Å². The molecule has 0 N–H and O–H groups in total. The lowest BCUT2D eigenvalue weighted by molar-refractivity contribution is -0.154. The Morgan fingerprint density at radius 1 is 1.32 bits per heavy atom. The van der Waals surface area contributed by atoms with Gasteiger partial charge in [0.2, 0.25) is 0 Å². The van der Waals surface area contributed by atoms with E-state index in [4.69, 9.17) is 21.1 Å². The zero-order valence-electron chi connectivity index (χ0n) is 11.5. The average Bonchev–Trinajstić information content (AvgIpc) is 2.35. The van der Waals surface area contributed by atoms with E-state index in [1.54, 1.807) is 0 Å². The standard InChI is InChI=1S/C15H19ClO3/c1-4-5-18-15-12(17)8-13(15)19-11-6-9(2)14(16)10(3)7-11/h6-7,13,15H,4-5,8H2,1-3H3. The summed E-state index contributed by atoms with van der Waals surface area (Å²) >= 11 is 6.12. The summed E-state index contributed by atoms with van der Waals surface area (Å²) in [6.45, 7) is 6.50. The molecule has 0 aromatic heterocycles. The van der Waals surface area contributed by atoms with Gasteiger partial charge in [-0.2, -0.15) is 0 Å². The zero-order chi connectivity index (χ0) is 14.0. The summed E-state index contributed by atoms with van der Waals surface area (Å²) in [5, 5.41) is 0.760. The van der Waals surface area contributed by atoms with Gasteiger partial charge in [-0.15, -0.1) is 0 Å². The first-order valence-electron chi connectivity index (χ1n) is 6.60. The smallest absolute Gasteiger partial charge is 0.169 e. The van der Waals surface area contributed by atoms with E-state index in [2.05, 4.69) is 0 Å². The molecule has 0 heterocycles. The van der Waals surface area contributed by atoms with Crippen molar-refractivity contribution in [2.24, 2.45) is 0 Å². The van der Waals surface area contributed by atoms with Crippen LogP contribution in [0.25, 0.3) is 0 Å². The zero-order valence-corrected chi connectivity index (χ0v) is 12.3. The lowest BCUT2D eigenvalue weighted by Crippen LogP contribution is -2.52. The monoisotopic (exact) mass is 282 g/mol. The number of ketones is 1. The third kappa shape index (κ3) is 3.10. The molecule has 0 spiro atoms. The Kier molecular flexibility index (Phi) is 4.48. The van der Waals surface area contributed by atoms with Crippen LogP contribution >= 0.6 is 11.6 Å². The van der Waals surface area contributed by atoms with Crippen LogP contribution in [0.15, 0.2) is 12.1 Å². The number of benzene rings is 1. The molecule has 19 heavy (non-hydrogen) atoms. The van der Waals surface area contributed by atoms with Crippen LogP contribution in [0.2, 0.25) is 5.02 Å². The van der Waals surface area contributed by atoms with Crippen molar-refractivity contribution < 1.29 is 14.3 Å². The molecule has 0 radical (unpaired) electrons.